The molecule has 3 rings (SSSR count). The fourth-order valence-electron chi connectivity index (χ4n) is 3.05. The van der Waals surface area contributed by atoms with Gasteiger partial charge in [-0.3, -0.25) is 4.90 Å². The normalized spacial score (nSPS) is 17.3. The molecule has 0 amide bonds. The molecule has 1 aliphatic heterocycles. The number of furan rings is 1. The molecule has 1 aliphatic rings. The predicted molar refractivity (Wildman–Crippen MR) is 92.3 cm³/mol. The molecule has 0 aliphatic carbocycles. The third-order valence-corrected chi connectivity index (χ3v) is 4.37. The fraction of sp³-hybridized carbons (Fsp3) is 0.500. The summed E-state index contributed by atoms with van der Waals surface area (Å²) in [6.45, 7) is 2.78. The van der Waals surface area contributed by atoms with Gasteiger partial charge in [-0.15, -0.1) is 0 Å². The van der Waals surface area contributed by atoms with Crippen molar-refractivity contribution < 1.29 is 27.4 Å². The zero-order valence-corrected chi connectivity index (χ0v) is 14.7. The molecule has 27 heavy (non-hydrogen) atoms. The van der Waals surface area contributed by atoms with Crippen LogP contribution >= 0.6 is 0 Å². The predicted octanol–water partition coefficient (Wildman–Crippen LogP) is 2.39. The van der Waals surface area contributed by atoms with E-state index >= 15 is 0 Å². The summed E-state index contributed by atoms with van der Waals surface area (Å²) in [5.74, 6) is 0.652. The van der Waals surface area contributed by atoms with Gasteiger partial charge >= 0.3 is 6.18 Å². The number of aliphatic hydroxyl groups excluding tert-OH is 1. The van der Waals surface area contributed by atoms with Gasteiger partial charge in [0.1, 0.15) is 18.2 Å². The van der Waals surface area contributed by atoms with Crippen molar-refractivity contribution in [3.63, 3.8) is 0 Å². The second-order valence-electron chi connectivity index (χ2n) is 6.41. The first-order chi connectivity index (χ1) is 12.9. The summed E-state index contributed by atoms with van der Waals surface area (Å²) < 4.78 is 50.0. The molecular formula is C18H22F3N3O3. The quantitative estimate of drug-likeness (QED) is 0.790. The largest absolute Gasteiger partial charge is 0.467 e. The highest BCUT2D eigenvalue weighted by Gasteiger charge is 2.36. The van der Waals surface area contributed by atoms with Crippen LogP contribution in [0, 0.1) is 0 Å². The molecule has 148 valence electrons. The number of halogens is 3. The van der Waals surface area contributed by atoms with E-state index < -0.39 is 17.8 Å². The van der Waals surface area contributed by atoms with Crippen molar-refractivity contribution in [3.8, 4) is 0 Å². The van der Waals surface area contributed by atoms with Gasteiger partial charge in [0.2, 0.25) is 0 Å². The average Bonchev–Trinajstić information content (AvgIpc) is 3.15. The molecule has 0 aromatic carbocycles. The highest BCUT2D eigenvalue weighted by atomic mass is 19.4. The maximum absolute atomic E-state index is 13.1. The Morgan fingerprint density at radius 1 is 1.19 bits per heavy atom. The van der Waals surface area contributed by atoms with E-state index in [1.54, 1.807) is 23.3 Å². The van der Waals surface area contributed by atoms with E-state index in [1.165, 1.54) is 12.3 Å². The first-order valence-corrected chi connectivity index (χ1v) is 8.71. The van der Waals surface area contributed by atoms with Crippen LogP contribution in [0.4, 0.5) is 19.0 Å². The number of alkyl halides is 3. The Hall–Kier alpha value is -2.10. The fourth-order valence-corrected chi connectivity index (χ4v) is 3.05. The summed E-state index contributed by atoms with van der Waals surface area (Å²) in [6.07, 6.45) is -2.17. The van der Waals surface area contributed by atoms with Crippen LogP contribution in [0.15, 0.2) is 41.1 Å². The highest BCUT2D eigenvalue weighted by Crippen LogP contribution is 2.35. The maximum atomic E-state index is 13.1. The lowest BCUT2D eigenvalue weighted by molar-refractivity contribution is -0.137. The van der Waals surface area contributed by atoms with Gasteiger partial charge in [0.25, 0.3) is 0 Å². The molecule has 0 bridgehead atoms. The number of piperazine rings is 1. The van der Waals surface area contributed by atoms with Crippen molar-refractivity contribution in [1.82, 2.24) is 9.88 Å². The van der Waals surface area contributed by atoms with E-state index in [0.717, 1.165) is 6.07 Å². The molecule has 0 radical (unpaired) electrons. The van der Waals surface area contributed by atoms with Crippen LogP contribution in [0.25, 0.3) is 0 Å². The molecule has 1 atom stereocenters. The number of anilines is 1. The van der Waals surface area contributed by atoms with Gasteiger partial charge < -0.3 is 19.2 Å². The van der Waals surface area contributed by atoms with Crippen molar-refractivity contribution in [2.75, 3.05) is 44.2 Å². The Morgan fingerprint density at radius 2 is 1.96 bits per heavy atom. The molecule has 1 saturated heterocycles. The first kappa shape index (κ1) is 19.7. The minimum absolute atomic E-state index is 0.0352. The highest BCUT2D eigenvalue weighted by molar-refractivity contribution is 5.48. The number of aromatic nitrogens is 1. The Bertz CT molecular complexity index is 701. The van der Waals surface area contributed by atoms with Crippen molar-refractivity contribution >= 4 is 5.82 Å². The Labute approximate surface area is 155 Å². The zero-order valence-electron chi connectivity index (χ0n) is 14.7. The van der Waals surface area contributed by atoms with Crippen molar-refractivity contribution in [2.24, 2.45) is 0 Å². The third kappa shape index (κ3) is 5.44. The number of hydrogen-bond donors (Lipinski definition) is 1. The number of nitrogens with zero attached hydrogens (tertiary/aromatic N) is 3. The van der Waals surface area contributed by atoms with Crippen LogP contribution < -0.4 is 4.90 Å². The smallest absolute Gasteiger partial charge is 0.419 e. The van der Waals surface area contributed by atoms with Crippen LogP contribution in [-0.2, 0) is 17.5 Å². The molecule has 0 spiro atoms. The van der Waals surface area contributed by atoms with Gasteiger partial charge in [-0.1, -0.05) is 0 Å². The number of pyridine rings is 1. The molecule has 1 fully saturated rings. The lowest BCUT2D eigenvalue weighted by Crippen LogP contribution is -2.49. The number of hydrogen-bond acceptors (Lipinski definition) is 6. The number of aliphatic hydroxyl groups is 1. The summed E-state index contributed by atoms with van der Waals surface area (Å²) in [4.78, 5) is 7.57. The van der Waals surface area contributed by atoms with E-state index in [4.69, 9.17) is 9.15 Å². The van der Waals surface area contributed by atoms with E-state index in [-0.39, 0.29) is 19.0 Å². The van der Waals surface area contributed by atoms with Crippen LogP contribution in [0.1, 0.15) is 11.3 Å². The van der Waals surface area contributed by atoms with Crippen LogP contribution in [0.3, 0.4) is 0 Å². The first-order valence-electron chi connectivity index (χ1n) is 8.71. The molecule has 6 nitrogen and oxygen atoms in total. The molecule has 9 heteroatoms. The van der Waals surface area contributed by atoms with E-state index in [1.807, 2.05) is 4.90 Å². The summed E-state index contributed by atoms with van der Waals surface area (Å²) in [7, 11) is 0. The van der Waals surface area contributed by atoms with Crippen molar-refractivity contribution in [1.29, 1.82) is 0 Å². The van der Waals surface area contributed by atoms with Gasteiger partial charge in [-0.2, -0.15) is 13.2 Å². The second kappa shape index (κ2) is 8.73. The van der Waals surface area contributed by atoms with Crippen molar-refractivity contribution in [3.05, 3.63) is 48.0 Å². The van der Waals surface area contributed by atoms with Gasteiger partial charge in [-0.05, 0) is 24.3 Å². The monoisotopic (exact) mass is 385 g/mol. The minimum atomic E-state index is -4.43. The molecule has 2 aromatic rings. The summed E-state index contributed by atoms with van der Waals surface area (Å²) in [5.41, 5.74) is -0.718. The van der Waals surface area contributed by atoms with E-state index in [0.29, 0.717) is 38.5 Å². The molecule has 1 unspecified atom stereocenters. The maximum Gasteiger partial charge on any atom is 0.419 e. The Kier molecular flexibility index (Phi) is 6.35. The zero-order chi connectivity index (χ0) is 19.3. The summed E-state index contributed by atoms with van der Waals surface area (Å²) in [5, 5.41) is 10.1. The lowest BCUT2D eigenvalue weighted by atomic mass is 10.2. The Morgan fingerprint density at radius 3 is 2.63 bits per heavy atom. The number of β-amino-alcohol motifs (C(OH)–C–C–N with tert-alkyl or cyclic N) is 1. The molecule has 0 saturated carbocycles. The molecule has 3 heterocycles. The van der Waals surface area contributed by atoms with E-state index in [2.05, 4.69) is 4.98 Å². The van der Waals surface area contributed by atoms with Crippen molar-refractivity contribution in [2.45, 2.75) is 18.9 Å². The van der Waals surface area contributed by atoms with E-state index in [9.17, 15) is 18.3 Å². The Balaban J connectivity index is 1.45. The number of rotatable bonds is 7. The van der Waals surface area contributed by atoms with Gasteiger partial charge in [0.05, 0.1) is 24.5 Å². The molecular weight excluding hydrogens is 363 g/mol. The van der Waals surface area contributed by atoms with Gasteiger partial charge in [0, 0.05) is 38.9 Å². The topological polar surface area (TPSA) is 62.0 Å². The SMILES string of the molecule is OC(COCc1ccco1)CN1CCN(c2ncccc2C(F)(F)F)CC1. The lowest BCUT2D eigenvalue weighted by Gasteiger charge is -2.37. The molecule has 2 aromatic heterocycles. The van der Waals surface area contributed by atoms with Crippen LogP contribution in [-0.4, -0.2) is 60.4 Å². The number of ether oxygens (including phenoxy) is 1. The van der Waals surface area contributed by atoms with Gasteiger partial charge in [0.15, 0.2) is 0 Å². The summed E-state index contributed by atoms with van der Waals surface area (Å²) >= 11 is 0. The average molecular weight is 385 g/mol. The third-order valence-electron chi connectivity index (χ3n) is 4.37. The van der Waals surface area contributed by atoms with Crippen LogP contribution in [0.2, 0.25) is 0 Å². The molecule has 1 N–H and O–H groups in total. The van der Waals surface area contributed by atoms with Crippen LogP contribution in [0.5, 0.6) is 0 Å². The van der Waals surface area contributed by atoms with Gasteiger partial charge in [-0.25, -0.2) is 4.98 Å². The minimum Gasteiger partial charge on any atom is -0.467 e. The second-order valence-corrected chi connectivity index (χ2v) is 6.41. The standard InChI is InChI=1S/C18H22F3N3O3/c19-18(20,21)16-4-1-5-22-17(16)24-8-6-23(7-9-24)11-14(25)12-26-13-15-3-2-10-27-15/h1-5,10,14,25H,6-9,11-13H2. The summed E-state index contributed by atoms with van der Waals surface area (Å²) in [6, 6.07) is 5.90.